The molecule has 15 heavy (non-hydrogen) atoms. The number of hydrogen-bond donors (Lipinski definition) is 2. The van der Waals surface area contributed by atoms with E-state index < -0.39 is 22.0 Å². The van der Waals surface area contributed by atoms with Gasteiger partial charge in [-0.25, -0.2) is 8.42 Å². The van der Waals surface area contributed by atoms with Crippen LogP contribution in [0.1, 0.15) is 6.92 Å². The fraction of sp³-hybridized carbons (Fsp3) is 0.429. The van der Waals surface area contributed by atoms with Gasteiger partial charge in [0.05, 0.1) is 13.3 Å². The highest BCUT2D eigenvalue weighted by Crippen LogP contribution is 2.05. The minimum atomic E-state index is -3.72. The highest BCUT2D eigenvalue weighted by Gasteiger charge is 2.22. The standard InChI is InChI=1S/C7H11N3O4S/c1-5(7(11)14-2)10-15(12,13)6-3-8-9-4-6/h3-5,10H,1-2H3,(H,8,9)/t5-/m0/s1. The Labute approximate surface area is 86.9 Å². The van der Waals surface area contributed by atoms with E-state index in [0.29, 0.717) is 0 Å². The minimum Gasteiger partial charge on any atom is -0.468 e. The van der Waals surface area contributed by atoms with Gasteiger partial charge in [-0.2, -0.15) is 9.82 Å². The van der Waals surface area contributed by atoms with Gasteiger partial charge in [-0.05, 0) is 6.92 Å². The average Bonchev–Trinajstić information content (AvgIpc) is 2.69. The van der Waals surface area contributed by atoms with Gasteiger partial charge in [-0.15, -0.1) is 0 Å². The monoisotopic (exact) mass is 233 g/mol. The summed E-state index contributed by atoms with van der Waals surface area (Å²) < 4.78 is 29.6. The van der Waals surface area contributed by atoms with Crippen LogP contribution in [0.15, 0.2) is 17.3 Å². The molecule has 0 spiro atoms. The molecule has 0 saturated heterocycles. The number of aromatic nitrogens is 2. The maximum atomic E-state index is 11.5. The second-order valence-electron chi connectivity index (χ2n) is 2.80. The van der Waals surface area contributed by atoms with Crippen molar-refractivity contribution in [3.8, 4) is 0 Å². The Bertz CT molecular complexity index is 425. The molecule has 1 heterocycles. The molecule has 0 aliphatic rings. The molecule has 1 rings (SSSR count). The van der Waals surface area contributed by atoms with Crippen molar-refractivity contribution in [1.82, 2.24) is 14.9 Å². The Hall–Kier alpha value is -1.41. The highest BCUT2D eigenvalue weighted by molar-refractivity contribution is 7.89. The number of aromatic amines is 1. The molecule has 1 aromatic rings. The van der Waals surface area contributed by atoms with Gasteiger partial charge in [-0.3, -0.25) is 9.89 Å². The van der Waals surface area contributed by atoms with Gasteiger partial charge in [0.25, 0.3) is 0 Å². The third kappa shape index (κ3) is 2.77. The molecule has 0 unspecified atom stereocenters. The van der Waals surface area contributed by atoms with Crippen molar-refractivity contribution in [2.24, 2.45) is 0 Å². The minimum absolute atomic E-state index is 0.0294. The SMILES string of the molecule is COC(=O)[C@H](C)NS(=O)(=O)c1cn[nH]c1. The summed E-state index contributed by atoms with van der Waals surface area (Å²) in [6, 6.07) is -0.935. The third-order valence-electron chi connectivity index (χ3n) is 1.67. The molecule has 84 valence electrons. The summed E-state index contributed by atoms with van der Waals surface area (Å²) in [5.74, 6) is -0.651. The van der Waals surface area contributed by atoms with Gasteiger partial charge >= 0.3 is 5.97 Å². The zero-order valence-corrected chi connectivity index (χ0v) is 9.04. The van der Waals surface area contributed by atoms with Crippen molar-refractivity contribution in [2.75, 3.05) is 7.11 Å². The van der Waals surface area contributed by atoms with Crippen LogP contribution >= 0.6 is 0 Å². The van der Waals surface area contributed by atoms with E-state index in [1.165, 1.54) is 20.2 Å². The van der Waals surface area contributed by atoms with Crippen LogP contribution in [0, 0.1) is 0 Å². The summed E-state index contributed by atoms with van der Waals surface area (Å²) in [5.41, 5.74) is 0. The lowest BCUT2D eigenvalue weighted by Gasteiger charge is -2.10. The number of H-pyrrole nitrogens is 1. The van der Waals surface area contributed by atoms with Crippen LogP contribution in [0.4, 0.5) is 0 Å². The molecule has 1 atom stereocenters. The van der Waals surface area contributed by atoms with E-state index in [9.17, 15) is 13.2 Å². The van der Waals surface area contributed by atoms with E-state index in [1.54, 1.807) is 0 Å². The number of hydrogen-bond acceptors (Lipinski definition) is 5. The van der Waals surface area contributed by atoms with E-state index in [2.05, 4.69) is 19.7 Å². The van der Waals surface area contributed by atoms with Crippen molar-refractivity contribution in [3.05, 3.63) is 12.4 Å². The highest BCUT2D eigenvalue weighted by atomic mass is 32.2. The molecule has 7 nitrogen and oxygen atoms in total. The normalized spacial score (nSPS) is 13.5. The number of esters is 1. The summed E-state index contributed by atoms with van der Waals surface area (Å²) in [6.45, 7) is 1.39. The van der Waals surface area contributed by atoms with Crippen LogP contribution in [-0.2, 0) is 19.6 Å². The number of rotatable bonds is 4. The fourth-order valence-corrected chi connectivity index (χ4v) is 2.01. The van der Waals surface area contributed by atoms with Crippen molar-refractivity contribution >= 4 is 16.0 Å². The summed E-state index contributed by atoms with van der Waals surface area (Å²) in [4.78, 5) is 11.0. The van der Waals surface area contributed by atoms with Crippen molar-refractivity contribution in [2.45, 2.75) is 17.9 Å². The predicted molar refractivity (Wildman–Crippen MR) is 50.4 cm³/mol. The molecular formula is C7H11N3O4S. The number of carbonyl (C=O) groups is 1. The van der Waals surface area contributed by atoms with Crippen LogP contribution in [0.3, 0.4) is 0 Å². The van der Waals surface area contributed by atoms with Gasteiger partial charge in [0, 0.05) is 6.20 Å². The van der Waals surface area contributed by atoms with Gasteiger partial charge < -0.3 is 4.74 Å². The first-order valence-corrected chi connectivity index (χ1v) is 5.54. The van der Waals surface area contributed by atoms with E-state index in [1.807, 2.05) is 0 Å². The quantitative estimate of drug-likeness (QED) is 0.666. The maximum Gasteiger partial charge on any atom is 0.323 e. The molecule has 0 aromatic carbocycles. The molecular weight excluding hydrogens is 222 g/mol. The van der Waals surface area contributed by atoms with E-state index in [4.69, 9.17) is 0 Å². The molecule has 0 bridgehead atoms. The second-order valence-corrected chi connectivity index (χ2v) is 4.51. The van der Waals surface area contributed by atoms with Crippen molar-refractivity contribution < 1.29 is 17.9 Å². The Morgan fingerprint density at radius 3 is 2.80 bits per heavy atom. The molecule has 2 N–H and O–H groups in total. The molecule has 0 amide bonds. The smallest absolute Gasteiger partial charge is 0.323 e. The maximum absolute atomic E-state index is 11.5. The van der Waals surface area contributed by atoms with E-state index in [0.717, 1.165) is 6.20 Å². The van der Waals surface area contributed by atoms with Gasteiger partial charge in [-0.1, -0.05) is 0 Å². The van der Waals surface area contributed by atoms with Crippen LogP contribution in [0.5, 0.6) is 0 Å². The van der Waals surface area contributed by atoms with Crippen LogP contribution in [0.25, 0.3) is 0 Å². The number of ether oxygens (including phenoxy) is 1. The lowest BCUT2D eigenvalue weighted by molar-refractivity contribution is -0.142. The van der Waals surface area contributed by atoms with Crippen LogP contribution in [0.2, 0.25) is 0 Å². The second kappa shape index (κ2) is 4.41. The van der Waals surface area contributed by atoms with E-state index >= 15 is 0 Å². The Balaban J connectivity index is 2.78. The first-order valence-electron chi connectivity index (χ1n) is 4.06. The van der Waals surface area contributed by atoms with Gasteiger partial charge in [0.2, 0.25) is 10.0 Å². The Morgan fingerprint density at radius 2 is 2.33 bits per heavy atom. The first-order chi connectivity index (χ1) is 6.97. The molecule has 0 fully saturated rings. The molecule has 0 saturated carbocycles. The predicted octanol–water partition coefficient (Wildman–Crippen LogP) is -0.751. The number of nitrogens with one attached hydrogen (secondary N) is 2. The zero-order valence-electron chi connectivity index (χ0n) is 8.22. The number of sulfonamides is 1. The van der Waals surface area contributed by atoms with Gasteiger partial charge in [0.15, 0.2) is 0 Å². The Kier molecular flexibility index (Phi) is 3.43. The van der Waals surface area contributed by atoms with Crippen molar-refractivity contribution in [1.29, 1.82) is 0 Å². The molecule has 0 radical (unpaired) electrons. The zero-order chi connectivity index (χ0) is 11.5. The first kappa shape index (κ1) is 11.7. The van der Waals surface area contributed by atoms with Crippen LogP contribution in [-0.4, -0.2) is 37.7 Å². The largest absolute Gasteiger partial charge is 0.468 e. The molecule has 0 aliphatic heterocycles. The number of carbonyl (C=O) groups excluding carboxylic acids is 1. The number of methoxy groups -OCH3 is 1. The summed E-state index contributed by atoms with van der Waals surface area (Å²) >= 11 is 0. The van der Waals surface area contributed by atoms with Gasteiger partial charge in [0.1, 0.15) is 10.9 Å². The molecule has 1 aromatic heterocycles. The molecule has 8 heteroatoms. The summed E-state index contributed by atoms with van der Waals surface area (Å²) in [5, 5.41) is 5.87. The summed E-state index contributed by atoms with van der Waals surface area (Å²) in [7, 11) is -2.53. The van der Waals surface area contributed by atoms with Crippen LogP contribution < -0.4 is 4.72 Å². The lowest BCUT2D eigenvalue weighted by atomic mass is 10.4. The summed E-state index contributed by atoms with van der Waals surface area (Å²) in [6.07, 6.45) is 2.36. The number of nitrogens with zero attached hydrogens (tertiary/aromatic N) is 1. The fourth-order valence-electron chi connectivity index (χ4n) is 0.912. The average molecular weight is 233 g/mol. The molecule has 0 aliphatic carbocycles. The topological polar surface area (TPSA) is 101 Å². The van der Waals surface area contributed by atoms with Crippen molar-refractivity contribution in [3.63, 3.8) is 0 Å². The lowest BCUT2D eigenvalue weighted by Crippen LogP contribution is -2.38. The van der Waals surface area contributed by atoms with E-state index in [-0.39, 0.29) is 4.90 Å². The Morgan fingerprint density at radius 1 is 1.67 bits per heavy atom. The third-order valence-corrected chi connectivity index (χ3v) is 3.18.